The lowest BCUT2D eigenvalue weighted by Gasteiger charge is -2.00. The Morgan fingerprint density at radius 3 is 3.14 bits per heavy atom. The highest BCUT2D eigenvalue weighted by molar-refractivity contribution is 6.32. The lowest BCUT2D eigenvalue weighted by atomic mass is 10.2. The topological polar surface area (TPSA) is 54.6 Å². The Balaban J connectivity index is 2.63. The van der Waals surface area contributed by atoms with E-state index in [4.69, 9.17) is 16.7 Å². The zero-order valence-corrected chi connectivity index (χ0v) is 7.90. The number of carboxylic acid groups (broad SMARTS) is 1. The summed E-state index contributed by atoms with van der Waals surface area (Å²) in [7, 11) is 0. The van der Waals surface area contributed by atoms with E-state index >= 15 is 0 Å². The summed E-state index contributed by atoms with van der Waals surface area (Å²) in [5.74, 6) is -0.879. The molecule has 0 saturated heterocycles. The summed E-state index contributed by atoms with van der Waals surface area (Å²) in [6.45, 7) is 0. The Morgan fingerprint density at radius 2 is 2.43 bits per heavy atom. The van der Waals surface area contributed by atoms with E-state index in [9.17, 15) is 4.79 Å². The van der Waals surface area contributed by atoms with Crippen LogP contribution in [0.3, 0.4) is 0 Å². The van der Waals surface area contributed by atoms with Crippen molar-refractivity contribution in [2.24, 2.45) is 0 Å². The van der Waals surface area contributed by atoms with E-state index in [2.05, 4.69) is 4.98 Å². The average Bonchev–Trinajstić information content (AvgIpc) is 2.48. The summed E-state index contributed by atoms with van der Waals surface area (Å²) in [5, 5.41) is 9.02. The average molecular weight is 211 g/mol. The van der Waals surface area contributed by atoms with Crippen molar-refractivity contribution in [3.63, 3.8) is 0 Å². The molecule has 0 aromatic carbocycles. The summed E-state index contributed by atoms with van der Waals surface area (Å²) in [6.07, 6.45) is 3.29. The number of imidazole rings is 1. The first kappa shape index (κ1) is 9.02. The molecule has 0 aliphatic carbocycles. The molecule has 0 radical (unpaired) electrons. The number of rotatable bonds is 2. The van der Waals surface area contributed by atoms with E-state index in [1.807, 2.05) is 0 Å². The van der Waals surface area contributed by atoms with Gasteiger partial charge in [0.05, 0.1) is 11.9 Å². The fraction of sp³-hybridized carbons (Fsp3) is 0.111. The molecule has 0 aliphatic rings. The molecular weight excluding hydrogens is 204 g/mol. The minimum atomic E-state index is -0.879. The van der Waals surface area contributed by atoms with Gasteiger partial charge in [0.15, 0.2) is 5.15 Å². The molecule has 14 heavy (non-hydrogen) atoms. The second-order valence-electron chi connectivity index (χ2n) is 2.90. The minimum absolute atomic E-state index is 0.0459. The number of aromatic nitrogens is 2. The van der Waals surface area contributed by atoms with E-state index in [0.29, 0.717) is 16.2 Å². The van der Waals surface area contributed by atoms with Crippen LogP contribution in [0.2, 0.25) is 5.15 Å². The molecule has 5 heteroatoms. The zero-order valence-electron chi connectivity index (χ0n) is 7.14. The van der Waals surface area contributed by atoms with Gasteiger partial charge in [-0.2, -0.15) is 0 Å². The van der Waals surface area contributed by atoms with Crippen LogP contribution >= 0.6 is 11.6 Å². The molecule has 0 spiro atoms. The van der Waals surface area contributed by atoms with E-state index in [-0.39, 0.29) is 6.42 Å². The number of pyridine rings is 1. The fourth-order valence-electron chi connectivity index (χ4n) is 1.39. The van der Waals surface area contributed by atoms with Crippen LogP contribution < -0.4 is 0 Å². The Bertz CT molecular complexity index is 493. The van der Waals surface area contributed by atoms with Gasteiger partial charge in [0.1, 0.15) is 6.33 Å². The van der Waals surface area contributed by atoms with Crippen LogP contribution in [0.5, 0.6) is 0 Å². The maximum Gasteiger partial charge on any atom is 0.307 e. The van der Waals surface area contributed by atoms with Gasteiger partial charge in [-0.05, 0) is 11.6 Å². The molecule has 2 aromatic heterocycles. The van der Waals surface area contributed by atoms with E-state index in [1.165, 1.54) is 0 Å². The summed E-state index contributed by atoms with van der Waals surface area (Å²) >= 11 is 5.84. The second-order valence-corrected chi connectivity index (χ2v) is 3.25. The van der Waals surface area contributed by atoms with Crippen molar-refractivity contribution in [2.75, 3.05) is 0 Å². The first-order valence-corrected chi connectivity index (χ1v) is 4.38. The van der Waals surface area contributed by atoms with Gasteiger partial charge in [-0.3, -0.25) is 4.79 Å². The molecule has 2 rings (SSSR count). The molecule has 0 atom stereocenters. The first-order chi connectivity index (χ1) is 6.68. The molecule has 4 nitrogen and oxygen atoms in total. The molecule has 0 unspecified atom stereocenters. The SMILES string of the molecule is O=C(O)Cc1cccn2cnc(Cl)c12. The summed E-state index contributed by atoms with van der Waals surface area (Å²) < 4.78 is 1.71. The predicted octanol–water partition coefficient (Wildman–Crippen LogP) is 1.61. The zero-order chi connectivity index (χ0) is 10.1. The van der Waals surface area contributed by atoms with E-state index < -0.39 is 5.97 Å². The normalized spacial score (nSPS) is 10.6. The Morgan fingerprint density at radius 1 is 1.64 bits per heavy atom. The molecule has 2 heterocycles. The molecular formula is C9H7ClN2O2. The Kier molecular flexibility index (Phi) is 2.13. The molecule has 0 saturated carbocycles. The number of carboxylic acids is 1. The number of halogens is 1. The van der Waals surface area contributed by atoms with Crippen molar-refractivity contribution in [1.82, 2.24) is 9.38 Å². The van der Waals surface area contributed by atoms with Gasteiger partial charge >= 0.3 is 5.97 Å². The van der Waals surface area contributed by atoms with Crippen molar-refractivity contribution in [3.8, 4) is 0 Å². The number of hydrogen-bond acceptors (Lipinski definition) is 2. The van der Waals surface area contributed by atoms with Gasteiger partial charge in [0, 0.05) is 6.20 Å². The molecule has 0 amide bonds. The van der Waals surface area contributed by atoms with Gasteiger partial charge in [-0.25, -0.2) is 4.98 Å². The molecule has 0 fully saturated rings. The summed E-state index contributed by atoms with van der Waals surface area (Å²) in [5.41, 5.74) is 1.33. The lowest BCUT2D eigenvalue weighted by molar-refractivity contribution is -0.136. The van der Waals surface area contributed by atoms with Crippen molar-refractivity contribution in [3.05, 3.63) is 35.4 Å². The lowest BCUT2D eigenvalue weighted by Crippen LogP contribution is -2.01. The van der Waals surface area contributed by atoms with E-state index in [0.717, 1.165) is 0 Å². The molecule has 72 valence electrons. The van der Waals surface area contributed by atoms with Crippen LogP contribution in [-0.2, 0) is 11.2 Å². The summed E-state index contributed by atoms with van der Waals surface area (Å²) in [6, 6.07) is 3.50. The van der Waals surface area contributed by atoms with Crippen molar-refractivity contribution < 1.29 is 9.90 Å². The number of hydrogen-bond donors (Lipinski definition) is 1. The molecule has 0 bridgehead atoms. The van der Waals surface area contributed by atoms with Gasteiger partial charge in [-0.1, -0.05) is 17.7 Å². The highest BCUT2D eigenvalue weighted by Gasteiger charge is 2.09. The van der Waals surface area contributed by atoms with Crippen molar-refractivity contribution >= 4 is 23.1 Å². The smallest absolute Gasteiger partial charge is 0.307 e. The van der Waals surface area contributed by atoms with Crippen LogP contribution in [-0.4, -0.2) is 20.5 Å². The van der Waals surface area contributed by atoms with Gasteiger partial charge < -0.3 is 9.51 Å². The quantitative estimate of drug-likeness (QED) is 0.820. The van der Waals surface area contributed by atoms with E-state index in [1.54, 1.807) is 29.1 Å². The third-order valence-corrected chi connectivity index (χ3v) is 2.22. The van der Waals surface area contributed by atoms with Gasteiger partial charge in [-0.15, -0.1) is 0 Å². The van der Waals surface area contributed by atoms with Crippen LogP contribution in [0.4, 0.5) is 0 Å². The van der Waals surface area contributed by atoms with Gasteiger partial charge in [0.25, 0.3) is 0 Å². The fourth-order valence-corrected chi connectivity index (χ4v) is 1.65. The number of nitrogens with zero attached hydrogens (tertiary/aromatic N) is 2. The number of fused-ring (bicyclic) bond motifs is 1. The van der Waals surface area contributed by atoms with Crippen LogP contribution in [0.1, 0.15) is 5.56 Å². The van der Waals surface area contributed by atoms with Crippen molar-refractivity contribution in [2.45, 2.75) is 6.42 Å². The van der Waals surface area contributed by atoms with Crippen LogP contribution in [0, 0.1) is 0 Å². The highest BCUT2D eigenvalue weighted by atomic mass is 35.5. The maximum absolute atomic E-state index is 10.6. The third kappa shape index (κ3) is 1.44. The van der Waals surface area contributed by atoms with Crippen molar-refractivity contribution in [1.29, 1.82) is 0 Å². The van der Waals surface area contributed by atoms with Gasteiger partial charge in [0.2, 0.25) is 0 Å². The number of carbonyl (C=O) groups is 1. The molecule has 1 N–H and O–H groups in total. The highest BCUT2D eigenvalue weighted by Crippen LogP contribution is 2.19. The molecule has 0 aliphatic heterocycles. The monoisotopic (exact) mass is 210 g/mol. The Labute approximate surface area is 84.8 Å². The number of aliphatic carboxylic acids is 1. The second kappa shape index (κ2) is 3.31. The standard InChI is InChI=1S/C9H7ClN2O2/c10-9-8-6(4-7(13)14)2-1-3-12(8)5-11-9/h1-3,5H,4H2,(H,13,14). The largest absolute Gasteiger partial charge is 0.481 e. The van der Waals surface area contributed by atoms with Crippen LogP contribution in [0.15, 0.2) is 24.7 Å². The maximum atomic E-state index is 10.6. The summed E-state index contributed by atoms with van der Waals surface area (Å²) in [4.78, 5) is 14.5. The van der Waals surface area contributed by atoms with Crippen LogP contribution in [0.25, 0.3) is 5.52 Å². The Hall–Kier alpha value is -1.55. The third-order valence-electron chi connectivity index (χ3n) is 1.94. The minimum Gasteiger partial charge on any atom is -0.481 e. The molecule has 2 aromatic rings. The first-order valence-electron chi connectivity index (χ1n) is 4.00. The predicted molar refractivity (Wildman–Crippen MR) is 51.5 cm³/mol.